The van der Waals surface area contributed by atoms with Crippen LogP contribution in [0.5, 0.6) is 0 Å². The highest BCUT2D eigenvalue weighted by Crippen LogP contribution is 2.26. The van der Waals surface area contributed by atoms with Gasteiger partial charge in [-0.3, -0.25) is 9.78 Å². The van der Waals surface area contributed by atoms with Crippen LogP contribution < -0.4 is 0 Å². The van der Waals surface area contributed by atoms with Crippen molar-refractivity contribution in [2.45, 2.75) is 19.8 Å². The van der Waals surface area contributed by atoms with E-state index in [-0.39, 0.29) is 11.7 Å². The van der Waals surface area contributed by atoms with E-state index in [1.807, 2.05) is 36.4 Å². The van der Waals surface area contributed by atoms with Gasteiger partial charge < -0.3 is 0 Å². The smallest absolute Gasteiger partial charge is 0.160 e. The zero-order valence-corrected chi connectivity index (χ0v) is 10.1. The molecule has 0 amide bonds. The molecule has 2 rings (SSSR count). The zero-order chi connectivity index (χ0) is 12.3. The third kappa shape index (κ3) is 2.41. The van der Waals surface area contributed by atoms with Crippen LogP contribution in [0.1, 0.15) is 41.3 Å². The van der Waals surface area contributed by atoms with Crippen LogP contribution in [0.25, 0.3) is 0 Å². The first-order chi connectivity index (χ1) is 8.20. The van der Waals surface area contributed by atoms with Gasteiger partial charge in [-0.25, -0.2) is 0 Å². The summed E-state index contributed by atoms with van der Waals surface area (Å²) in [5.41, 5.74) is 3.05. The van der Waals surface area contributed by atoms with Gasteiger partial charge in [-0.2, -0.15) is 0 Å². The molecule has 2 nitrogen and oxygen atoms in total. The maximum absolute atomic E-state index is 11.6. The minimum atomic E-state index is 0.113. The number of hydrogen-bond acceptors (Lipinski definition) is 2. The zero-order valence-electron chi connectivity index (χ0n) is 10.1. The van der Waals surface area contributed by atoms with Crippen LogP contribution in [0.15, 0.2) is 48.8 Å². The van der Waals surface area contributed by atoms with Crippen LogP contribution in [0, 0.1) is 0 Å². The predicted molar refractivity (Wildman–Crippen MR) is 68.2 cm³/mol. The van der Waals surface area contributed by atoms with Crippen molar-refractivity contribution in [3.63, 3.8) is 0 Å². The minimum absolute atomic E-state index is 0.113. The molecule has 0 N–H and O–H groups in total. The van der Waals surface area contributed by atoms with Gasteiger partial charge in [0, 0.05) is 23.9 Å². The van der Waals surface area contributed by atoms with Crippen molar-refractivity contribution >= 4 is 5.78 Å². The van der Waals surface area contributed by atoms with Gasteiger partial charge in [0.15, 0.2) is 5.78 Å². The molecule has 0 aliphatic carbocycles. The van der Waals surface area contributed by atoms with E-state index in [4.69, 9.17) is 0 Å². The monoisotopic (exact) mass is 225 g/mol. The summed E-state index contributed by atoms with van der Waals surface area (Å²) in [6.45, 7) is 3.72. The minimum Gasteiger partial charge on any atom is -0.295 e. The summed E-state index contributed by atoms with van der Waals surface area (Å²) in [4.78, 5) is 15.6. The molecule has 0 saturated carbocycles. The predicted octanol–water partition coefficient (Wildman–Crippen LogP) is 3.44. The third-order valence-electron chi connectivity index (χ3n) is 3.01. The lowest BCUT2D eigenvalue weighted by Gasteiger charge is -2.15. The van der Waals surface area contributed by atoms with E-state index in [2.05, 4.69) is 11.9 Å². The number of ketones is 1. The molecule has 1 aromatic heterocycles. The quantitative estimate of drug-likeness (QED) is 0.749. The van der Waals surface area contributed by atoms with Crippen LogP contribution in [-0.4, -0.2) is 10.8 Å². The Balaban J connectivity index is 2.44. The van der Waals surface area contributed by atoms with Gasteiger partial charge in [-0.15, -0.1) is 0 Å². The fraction of sp³-hybridized carbons (Fsp3) is 0.200. The standard InChI is InChI=1S/C15H15NO/c1-11(13-7-9-16-10-8-13)14-5-3-4-6-15(14)12(2)17/h3-11H,1-2H3. The van der Waals surface area contributed by atoms with E-state index >= 15 is 0 Å². The average Bonchev–Trinajstić information content (AvgIpc) is 2.39. The molecule has 2 heteroatoms. The largest absolute Gasteiger partial charge is 0.295 e. The number of Topliss-reactive ketones (excluding diaryl/α,β-unsaturated/α-hetero) is 1. The van der Waals surface area contributed by atoms with Crippen molar-refractivity contribution in [3.05, 3.63) is 65.5 Å². The maximum atomic E-state index is 11.6. The summed E-state index contributed by atoms with van der Waals surface area (Å²) in [6, 6.07) is 11.7. The molecule has 0 fully saturated rings. The molecule has 1 heterocycles. The van der Waals surface area contributed by atoms with E-state index in [9.17, 15) is 4.79 Å². The number of nitrogens with zero attached hydrogens (tertiary/aromatic N) is 1. The molecule has 1 atom stereocenters. The van der Waals surface area contributed by atoms with Crippen molar-refractivity contribution in [2.75, 3.05) is 0 Å². The molecule has 1 aromatic carbocycles. The van der Waals surface area contributed by atoms with Gasteiger partial charge in [0.25, 0.3) is 0 Å². The Bertz CT molecular complexity index is 519. The van der Waals surface area contributed by atoms with E-state index < -0.39 is 0 Å². The van der Waals surface area contributed by atoms with Gasteiger partial charge in [0.2, 0.25) is 0 Å². The van der Waals surface area contributed by atoms with Gasteiger partial charge in [0.1, 0.15) is 0 Å². The number of benzene rings is 1. The summed E-state index contributed by atoms with van der Waals surface area (Å²) in [5.74, 6) is 0.319. The Kier molecular flexibility index (Phi) is 3.33. The first-order valence-corrected chi connectivity index (χ1v) is 5.70. The van der Waals surface area contributed by atoms with E-state index in [0.29, 0.717) is 0 Å². The van der Waals surface area contributed by atoms with Crippen LogP contribution >= 0.6 is 0 Å². The fourth-order valence-electron chi connectivity index (χ4n) is 2.03. The Labute approximate surface area is 101 Å². The topological polar surface area (TPSA) is 30.0 Å². The van der Waals surface area contributed by atoms with E-state index in [1.54, 1.807) is 19.3 Å². The van der Waals surface area contributed by atoms with Crippen molar-refractivity contribution < 1.29 is 4.79 Å². The van der Waals surface area contributed by atoms with Crippen LogP contribution in [0.3, 0.4) is 0 Å². The van der Waals surface area contributed by atoms with E-state index in [0.717, 1.165) is 11.1 Å². The van der Waals surface area contributed by atoms with Crippen molar-refractivity contribution in [3.8, 4) is 0 Å². The Morgan fingerprint density at radius 2 is 1.76 bits per heavy atom. The van der Waals surface area contributed by atoms with Crippen LogP contribution in [-0.2, 0) is 0 Å². The second-order valence-electron chi connectivity index (χ2n) is 4.15. The van der Waals surface area contributed by atoms with Crippen molar-refractivity contribution in [1.82, 2.24) is 4.98 Å². The molecule has 0 saturated heterocycles. The lowest BCUT2D eigenvalue weighted by atomic mass is 9.89. The first kappa shape index (κ1) is 11.5. The highest BCUT2D eigenvalue weighted by molar-refractivity contribution is 5.95. The highest BCUT2D eigenvalue weighted by Gasteiger charge is 2.14. The summed E-state index contributed by atoms with van der Waals surface area (Å²) >= 11 is 0. The maximum Gasteiger partial charge on any atom is 0.160 e. The molecule has 17 heavy (non-hydrogen) atoms. The molecule has 2 aromatic rings. The fourth-order valence-corrected chi connectivity index (χ4v) is 2.03. The summed E-state index contributed by atoms with van der Waals surface area (Å²) in [6.07, 6.45) is 3.56. The number of rotatable bonds is 3. The normalized spacial score (nSPS) is 12.1. The van der Waals surface area contributed by atoms with Crippen molar-refractivity contribution in [1.29, 1.82) is 0 Å². The van der Waals surface area contributed by atoms with Crippen LogP contribution in [0.4, 0.5) is 0 Å². The first-order valence-electron chi connectivity index (χ1n) is 5.70. The molecule has 0 bridgehead atoms. The van der Waals surface area contributed by atoms with E-state index in [1.165, 1.54) is 5.56 Å². The lowest BCUT2D eigenvalue weighted by Crippen LogP contribution is -2.04. The highest BCUT2D eigenvalue weighted by atomic mass is 16.1. The molecule has 86 valence electrons. The number of carbonyl (C=O) groups excluding carboxylic acids is 1. The van der Waals surface area contributed by atoms with Crippen molar-refractivity contribution in [2.24, 2.45) is 0 Å². The Morgan fingerprint density at radius 1 is 1.12 bits per heavy atom. The molecular weight excluding hydrogens is 210 g/mol. The second kappa shape index (κ2) is 4.91. The average molecular weight is 225 g/mol. The molecule has 0 aliphatic rings. The Hall–Kier alpha value is -1.96. The van der Waals surface area contributed by atoms with Gasteiger partial charge in [0.05, 0.1) is 0 Å². The number of carbonyl (C=O) groups is 1. The van der Waals surface area contributed by atoms with Gasteiger partial charge in [-0.1, -0.05) is 31.2 Å². The summed E-state index contributed by atoms with van der Waals surface area (Å²) < 4.78 is 0. The molecule has 0 radical (unpaired) electrons. The van der Waals surface area contributed by atoms with Crippen LogP contribution in [0.2, 0.25) is 0 Å². The molecular formula is C15H15NO. The molecule has 1 unspecified atom stereocenters. The second-order valence-corrected chi connectivity index (χ2v) is 4.15. The Morgan fingerprint density at radius 3 is 2.41 bits per heavy atom. The number of pyridine rings is 1. The summed E-state index contributed by atoms with van der Waals surface area (Å²) in [5, 5.41) is 0. The molecule has 0 aliphatic heterocycles. The molecule has 0 spiro atoms. The van der Waals surface area contributed by atoms with Gasteiger partial charge >= 0.3 is 0 Å². The third-order valence-corrected chi connectivity index (χ3v) is 3.01. The number of hydrogen-bond donors (Lipinski definition) is 0. The summed E-state index contributed by atoms with van der Waals surface area (Å²) in [7, 11) is 0. The SMILES string of the molecule is CC(=O)c1ccccc1C(C)c1ccncc1. The van der Waals surface area contributed by atoms with Gasteiger partial charge in [-0.05, 0) is 30.2 Å². The number of aromatic nitrogens is 1. The lowest BCUT2D eigenvalue weighted by molar-refractivity contribution is 0.101.